The third-order valence-corrected chi connectivity index (χ3v) is 5.10. The van der Waals surface area contributed by atoms with Gasteiger partial charge >= 0.3 is 0 Å². The standard InChI is InChI=1S/C12H24N2S/c1-14-7-3-2-5-11(14)9-13-10-12-6-4-8-15-12/h11-13H,2-10H2,1H3. The fraction of sp³-hybridized carbons (Fsp3) is 1.00. The topological polar surface area (TPSA) is 15.3 Å². The van der Waals surface area contributed by atoms with Crippen molar-refractivity contribution in [1.82, 2.24) is 10.2 Å². The first-order chi connectivity index (χ1) is 7.36. The minimum Gasteiger partial charge on any atom is -0.314 e. The smallest absolute Gasteiger partial charge is 0.0217 e. The molecule has 88 valence electrons. The van der Waals surface area contributed by atoms with Crippen molar-refractivity contribution in [1.29, 1.82) is 0 Å². The van der Waals surface area contributed by atoms with Gasteiger partial charge in [-0.05, 0) is 45.0 Å². The van der Waals surface area contributed by atoms with Gasteiger partial charge in [-0.1, -0.05) is 6.42 Å². The number of piperidine rings is 1. The second-order valence-corrected chi connectivity index (χ2v) is 6.33. The minimum atomic E-state index is 0.796. The number of nitrogens with one attached hydrogen (secondary N) is 1. The Morgan fingerprint density at radius 1 is 1.20 bits per heavy atom. The molecular weight excluding hydrogens is 204 g/mol. The molecule has 2 saturated heterocycles. The van der Waals surface area contributed by atoms with E-state index in [0.29, 0.717) is 0 Å². The molecule has 2 unspecified atom stereocenters. The number of hydrogen-bond donors (Lipinski definition) is 1. The summed E-state index contributed by atoms with van der Waals surface area (Å²) in [6.45, 7) is 3.73. The van der Waals surface area contributed by atoms with E-state index in [4.69, 9.17) is 0 Å². The Balaban J connectivity index is 1.59. The van der Waals surface area contributed by atoms with Gasteiger partial charge in [0.1, 0.15) is 0 Å². The first kappa shape index (κ1) is 11.7. The lowest BCUT2D eigenvalue weighted by Crippen LogP contribution is -2.44. The number of hydrogen-bond acceptors (Lipinski definition) is 3. The Hall–Kier alpha value is 0.270. The summed E-state index contributed by atoms with van der Waals surface area (Å²) in [5, 5.41) is 4.57. The predicted molar refractivity (Wildman–Crippen MR) is 68.6 cm³/mol. The van der Waals surface area contributed by atoms with Crippen LogP contribution in [0.5, 0.6) is 0 Å². The average molecular weight is 228 g/mol. The lowest BCUT2D eigenvalue weighted by Gasteiger charge is -2.32. The molecule has 0 saturated carbocycles. The Morgan fingerprint density at radius 2 is 2.13 bits per heavy atom. The number of nitrogens with zero attached hydrogens (tertiary/aromatic N) is 1. The summed E-state index contributed by atoms with van der Waals surface area (Å²) in [6.07, 6.45) is 7.07. The Morgan fingerprint density at radius 3 is 2.87 bits per heavy atom. The number of rotatable bonds is 4. The third-order valence-electron chi connectivity index (χ3n) is 3.70. The molecule has 0 aliphatic carbocycles. The van der Waals surface area contributed by atoms with Crippen molar-refractivity contribution in [3.63, 3.8) is 0 Å². The molecule has 2 fully saturated rings. The molecule has 2 aliphatic heterocycles. The van der Waals surface area contributed by atoms with Crippen LogP contribution in [-0.4, -0.2) is 48.6 Å². The van der Waals surface area contributed by atoms with Gasteiger partial charge in [0.15, 0.2) is 0 Å². The lowest BCUT2D eigenvalue weighted by atomic mass is 10.0. The zero-order valence-corrected chi connectivity index (χ0v) is 10.7. The summed E-state index contributed by atoms with van der Waals surface area (Å²) >= 11 is 2.15. The average Bonchev–Trinajstić information content (AvgIpc) is 2.74. The van der Waals surface area contributed by atoms with Crippen molar-refractivity contribution in [2.45, 2.75) is 43.4 Å². The molecule has 2 aliphatic rings. The molecule has 0 radical (unpaired) electrons. The molecule has 0 aromatic heterocycles. The molecule has 0 bridgehead atoms. The molecule has 0 aromatic rings. The van der Waals surface area contributed by atoms with Crippen LogP contribution in [0.25, 0.3) is 0 Å². The van der Waals surface area contributed by atoms with Crippen LogP contribution in [0.2, 0.25) is 0 Å². The molecule has 1 N–H and O–H groups in total. The second-order valence-electron chi connectivity index (χ2n) is 4.92. The maximum absolute atomic E-state index is 3.66. The fourth-order valence-corrected chi connectivity index (χ4v) is 3.85. The van der Waals surface area contributed by atoms with Gasteiger partial charge in [0.25, 0.3) is 0 Å². The van der Waals surface area contributed by atoms with E-state index in [9.17, 15) is 0 Å². The van der Waals surface area contributed by atoms with Gasteiger partial charge in [-0.2, -0.15) is 11.8 Å². The van der Waals surface area contributed by atoms with Crippen LogP contribution in [0.4, 0.5) is 0 Å². The zero-order chi connectivity index (χ0) is 10.5. The third kappa shape index (κ3) is 3.65. The molecule has 2 atom stereocenters. The SMILES string of the molecule is CN1CCCCC1CNCC1CCCS1. The first-order valence-corrected chi connectivity index (χ1v) is 7.43. The van der Waals surface area contributed by atoms with Crippen LogP contribution < -0.4 is 5.32 Å². The number of likely N-dealkylation sites (N-methyl/N-ethyl adjacent to an activating group) is 1. The minimum absolute atomic E-state index is 0.796. The van der Waals surface area contributed by atoms with Gasteiger partial charge in [-0.15, -0.1) is 0 Å². The highest BCUT2D eigenvalue weighted by Gasteiger charge is 2.19. The van der Waals surface area contributed by atoms with E-state index in [0.717, 1.165) is 11.3 Å². The van der Waals surface area contributed by atoms with Crippen LogP contribution in [-0.2, 0) is 0 Å². The summed E-state index contributed by atoms with van der Waals surface area (Å²) in [7, 11) is 2.27. The van der Waals surface area contributed by atoms with Crippen molar-refractivity contribution in [3.8, 4) is 0 Å². The highest BCUT2D eigenvalue weighted by Crippen LogP contribution is 2.25. The maximum Gasteiger partial charge on any atom is 0.0217 e. The van der Waals surface area contributed by atoms with E-state index < -0.39 is 0 Å². The lowest BCUT2D eigenvalue weighted by molar-refractivity contribution is 0.182. The summed E-state index contributed by atoms with van der Waals surface area (Å²) in [5.74, 6) is 1.38. The van der Waals surface area contributed by atoms with E-state index in [1.54, 1.807) is 0 Å². The zero-order valence-electron chi connectivity index (χ0n) is 9.87. The normalized spacial score (nSPS) is 33.4. The molecule has 0 amide bonds. The van der Waals surface area contributed by atoms with Crippen LogP contribution >= 0.6 is 11.8 Å². The van der Waals surface area contributed by atoms with Gasteiger partial charge in [0, 0.05) is 24.4 Å². The Labute approximate surface area is 98.2 Å². The number of thioether (sulfide) groups is 1. The van der Waals surface area contributed by atoms with Gasteiger partial charge in [0.2, 0.25) is 0 Å². The summed E-state index contributed by atoms with van der Waals surface area (Å²) < 4.78 is 0. The van der Waals surface area contributed by atoms with Crippen molar-refractivity contribution in [2.75, 3.05) is 32.4 Å². The largest absolute Gasteiger partial charge is 0.314 e. The highest BCUT2D eigenvalue weighted by molar-refractivity contribution is 8.00. The summed E-state index contributed by atoms with van der Waals surface area (Å²) in [6, 6.07) is 0.796. The number of likely N-dealkylation sites (tertiary alicyclic amines) is 1. The van der Waals surface area contributed by atoms with E-state index in [2.05, 4.69) is 29.0 Å². The molecule has 3 heteroatoms. The van der Waals surface area contributed by atoms with Crippen LogP contribution in [0.15, 0.2) is 0 Å². The van der Waals surface area contributed by atoms with Crippen molar-refractivity contribution < 1.29 is 0 Å². The fourth-order valence-electron chi connectivity index (χ4n) is 2.62. The monoisotopic (exact) mass is 228 g/mol. The molecular formula is C12H24N2S. The maximum atomic E-state index is 3.66. The molecule has 2 rings (SSSR count). The molecule has 0 aromatic carbocycles. The van der Waals surface area contributed by atoms with Crippen molar-refractivity contribution >= 4 is 11.8 Å². The van der Waals surface area contributed by atoms with E-state index in [-0.39, 0.29) is 0 Å². The Kier molecular flexibility index (Phi) is 4.79. The molecule has 2 nitrogen and oxygen atoms in total. The van der Waals surface area contributed by atoms with Gasteiger partial charge in [0.05, 0.1) is 0 Å². The van der Waals surface area contributed by atoms with E-state index >= 15 is 0 Å². The predicted octanol–water partition coefficient (Wildman–Crippen LogP) is 1.96. The van der Waals surface area contributed by atoms with Gasteiger partial charge in [-0.3, -0.25) is 0 Å². The van der Waals surface area contributed by atoms with Crippen molar-refractivity contribution in [3.05, 3.63) is 0 Å². The summed E-state index contributed by atoms with van der Waals surface area (Å²) in [5.41, 5.74) is 0. The Bertz CT molecular complexity index is 180. The highest BCUT2D eigenvalue weighted by atomic mass is 32.2. The second kappa shape index (κ2) is 6.12. The van der Waals surface area contributed by atoms with Gasteiger partial charge in [-0.25, -0.2) is 0 Å². The van der Waals surface area contributed by atoms with Crippen LogP contribution in [0, 0.1) is 0 Å². The summed E-state index contributed by atoms with van der Waals surface area (Å²) in [4.78, 5) is 2.53. The molecule has 0 spiro atoms. The van der Waals surface area contributed by atoms with Crippen LogP contribution in [0.3, 0.4) is 0 Å². The molecule has 15 heavy (non-hydrogen) atoms. The first-order valence-electron chi connectivity index (χ1n) is 6.39. The van der Waals surface area contributed by atoms with Gasteiger partial charge < -0.3 is 10.2 Å². The van der Waals surface area contributed by atoms with Crippen LogP contribution in [0.1, 0.15) is 32.1 Å². The molecule has 2 heterocycles. The van der Waals surface area contributed by atoms with E-state index in [1.807, 2.05) is 0 Å². The quantitative estimate of drug-likeness (QED) is 0.792. The van der Waals surface area contributed by atoms with Crippen molar-refractivity contribution in [2.24, 2.45) is 0 Å². The van der Waals surface area contributed by atoms with E-state index in [1.165, 1.54) is 57.5 Å².